The lowest BCUT2D eigenvalue weighted by Crippen LogP contribution is -2.24. The van der Waals surface area contributed by atoms with Crippen molar-refractivity contribution in [1.29, 1.82) is 0 Å². The van der Waals surface area contributed by atoms with E-state index in [2.05, 4.69) is 10.1 Å². The molecule has 1 N–H and O–H groups in total. The van der Waals surface area contributed by atoms with Crippen molar-refractivity contribution in [2.24, 2.45) is 0 Å². The molecule has 6 heteroatoms. The van der Waals surface area contributed by atoms with Gasteiger partial charge in [-0.25, -0.2) is 0 Å². The van der Waals surface area contributed by atoms with Crippen LogP contribution in [0, 0.1) is 0 Å². The third kappa shape index (κ3) is 13.7. The normalized spacial score (nSPS) is 12.4. The number of halogens is 3. The van der Waals surface area contributed by atoms with Gasteiger partial charge in [0.15, 0.2) is 0 Å². The summed E-state index contributed by atoms with van der Waals surface area (Å²) < 4.78 is 44.4. The molecule has 0 bridgehead atoms. The molecule has 0 fully saturated rings. The van der Waals surface area contributed by atoms with Crippen LogP contribution in [-0.4, -0.2) is 45.2 Å². The molecule has 0 rings (SSSR count). The van der Waals surface area contributed by atoms with Gasteiger partial charge in [-0.2, -0.15) is 13.2 Å². The van der Waals surface area contributed by atoms with E-state index in [0.29, 0.717) is 12.6 Å². The van der Waals surface area contributed by atoms with E-state index in [1.807, 2.05) is 13.8 Å². The van der Waals surface area contributed by atoms with Crippen LogP contribution in [0.4, 0.5) is 13.2 Å². The summed E-state index contributed by atoms with van der Waals surface area (Å²) in [6, 6.07) is 0.440. The van der Waals surface area contributed by atoms with Crippen LogP contribution in [0.1, 0.15) is 20.3 Å². The molecule has 0 radical (unpaired) electrons. The van der Waals surface area contributed by atoms with Gasteiger partial charge in [-0.15, -0.1) is 0 Å². The summed E-state index contributed by atoms with van der Waals surface area (Å²) in [6.07, 6.45) is -3.40. The fourth-order valence-electron chi connectivity index (χ4n) is 0.973. The Bertz CT molecular complexity index is 163. The van der Waals surface area contributed by atoms with Crippen LogP contribution in [-0.2, 0) is 9.47 Å². The van der Waals surface area contributed by atoms with E-state index in [1.165, 1.54) is 0 Å². The Labute approximate surface area is 94.3 Å². The number of ether oxygens (including phenoxy) is 2. The Balaban J connectivity index is 3.05. The largest absolute Gasteiger partial charge is 0.411 e. The maximum atomic E-state index is 11.6. The van der Waals surface area contributed by atoms with Crippen LogP contribution in [0.25, 0.3) is 0 Å². The monoisotopic (exact) mass is 243 g/mol. The SMILES string of the molecule is CC(C)NCCCOCCOCC(F)(F)F. The number of nitrogens with one attached hydrogen (secondary N) is 1. The van der Waals surface area contributed by atoms with Crippen molar-refractivity contribution in [3.8, 4) is 0 Å². The molecule has 3 nitrogen and oxygen atoms in total. The molecule has 0 saturated carbocycles. The number of hydrogen-bond donors (Lipinski definition) is 1. The Kier molecular flexibility index (Phi) is 8.60. The Morgan fingerprint density at radius 3 is 2.25 bits per heavy atom. The smallest absolute Gasteiger partial charge is 0.379 e. The van der Waals surface area contributed by atoms with Crippen molar-refractivity contribution in [1.82, 2.24) is 5.32 Å². The Morgan fingerprint density at radius 1 is 1.06 bits per heavy atom. The fourth-order valence-corrected chi connectivity index (χ4v) is 0.973. The van der Waals surface area contributed by atoms with Gasteiger partial charge >= 0.3 is 6.18 Å². The highest BCUT2D eigenvalue weighted by molar-refractivity contribution is 4.51. The zero-order chi connectivity index (χ0) is 12.4. The molecule has 0 atom stereocenters. The zero-order valence-electron chi connectivity index (χ0n) is 9.77. The molecule has 98 valence electrons. The second kappa shape index (κ2) is 8.78. The molecule has 0 spiro atoms. The molecular weight excluding hydrogens is 223 g/mol. The highest BCUT2D eigenvalue weighted by Crippen LogP contribution is 2.13. The molecule has 0 amide bonds. The number of rotatable bonds is 9. The van der Waals surface area contributed by atoms with E-state index in [-0.39, 0.29) is 13.2 Å². The quantitative estimate of drug-likeness (QED) is 0.628. The lowest BCUT2D eigenvalue weighted by Gasteiger charge is -2.09. The van der Waals surface area contributed by atoms with E-state index >= 15 is 0 Å². The molecule has 16 heavy (non-hydrogen) atoms. The Hall–Kier alpha value is -0.330. The predicted octanol–water partition coefficient (Wildman–Crippen LogP) is 1.97. The van der Waals surface area contributed by atoms with E-state index in [9.17, 15) is 13.2 Å². The van der Waals surface area contributed by atoms with Crippen molar-refractivity contribution in [3.63, 3.8) is 0 Å². The van der Waals surface area contributed by atoms with E-state index in [4.69, 9.17) is 4.74 Å². The average Bonchev–Trinajstić information content (AvgIpc) is 2.13. The van der Waals surface area contributed by atoms with Gasteiger partial charge in [-0.1, -0.05) is 13.8 Å². The molecule has 0 aliphatic rings. The minimum Gasteiger partial charge on any atom is -0.379 e. The molecule has 0 saturated heterocycles. The molecular formula is C10H20F3NO2. The van der Waals surface area contributed by atoms with Crippen molar-refractivity contribution in [3.05, 3.63) is 0 Å². The van der Waals surface area contributed by atoms with Crippen LogP contribution in [0.3, 0.4) is 0 Å². The van der Waals surface area contributed by atoms with Gasteiger partial charge in [-0.3, -0.25) is 0 Å². The topological polar surface area (TPSA) is 30.5 Å². The van der Waals surface area contributed by atoms with E-state index in [1.54, 1.807) is 0 Å². The summed E-state index contributed by atoms with van der Waals surface area (Å²) in [5.74, 6) is 0. The average molecular weight is 243 g/mol. The van der Waals surface area contributed by atoms with Gasteiger partial charge in [0.25, 0.3) is 0 Å². The summed E-state index contributed by atoms with van der Waals surface area (Å²) >= 11 is 0. The van der Waals surface area contributed by atoms with E-state index in [0.717, 1.165) is 13.0 Å². The highest BCUT2D eigenvalue weighted by atomic mass is 19.4. The van der Waals surface area contributed by atoms with Crippen molar-refractivity contribution in [2.75, 3.05) is 33.0 Å². The van der Waals surface area contributed by atoms with Crippen molar-refractivity contribution >= 4 is 0 Å². The summed E-state index contributed by atoms with van der Waals surface area (Å²) in [4.78, 5) is 0. The number of alkyl halides is 3. The van der Waals surface area contributed by atoms with Gasteiger partial charge in [0.1, 0.15) is 6.61 Å². The van der Waals surface area contributed by atoms with Crippen LogP contribution in [0.15, 0.2) is 0 Å². The summed E-state index contributed by atoms with van der Waals surface area (Å²) in [7, 11) is 0. The maximum absolute atomic E-state index is 11.6. The molecule has 0 aromatic rings. The van der Waals surface area contributed by atoms with Gasteiger partial charge < -0.3 is 14.8 Å². The minimum absolute atomic E-state index is 0.0167. The van der Waals surface area contributed by atoms with Gasteiger partial charge in [0.05, 0.1) is 13.2 Å². The van der Waals surface area contributed by atoms with Crippen LogP contribution < -0.4 is 5.32 Å². The number of hydrogen-bond acceptors (Lipinski definition) is 3. The first-order valence-electron chi connectivity index (χ1n) is 5.37. The standard InChI is InChI=1S/C10H20F3NO2/c1-9(2)14-4-3-5-15-6-7-16-8-10(11,12)13/h9,14H,3-8H2,1-2H3. The van der Waals surface area contributed by atoms with E-state index < -0.39 is 12.8 Å². The molecule has 0 aromatic heterocycles. The van der Waals surface area contributed by atoms with Gasteiger partial charge in [0.2, 0.25) is 0 Å². The summed E-state index contributed by atoms with van der Waals surface area (Å²) in [5, 5.41) is 3.21. The molecule has 0 aromatic carbocycles. The second-order valence-electron chi connectivity index (χ2n) is 3.74. The Morgan fingerprint density at radius 2 is 1.69 bits per heavy atom. The summed E-state index contributed by atoms with van der Waals surface area (Å²) in [6.45, 7) is 4.47. The molecule has 0 aliphatic heterocycles. The lowest BCUT2D eigenvalue weighted by atomic mass is 10.3. The van der Waals surface area contributed by atoms with Crippen LogP contribution in [0.2, 0.25) is 0 Å². The first kappa shape index (κ1) is 15.7. The van der Waals surface area contributed by atoms with Crippen molar-refractivity contribution < 1.29 is 22.6 Å². The second-order valence-corrected chi connectivity index (χ2v) is 3.74. The maximum Gasteiger partial charge on any atom is 0.411 e. The summed E-state index contributed by atoms with van der Waals surface area (Å²) in [5.41, 5.74) is 0. The van der Waals surface area contributed by atoms with Crippen molar-refractivity contribution in [2.45, 2.75) is 32.5 Å². The third-order valence-corrected chi connectivity index (χ3v) is 1.66. The first-order valence-corrected chi connectivity index (χ1v) is 5.37. The fraction of sp³-hybridized carbons (Fsp3) is 1.00. The highest BCUT2D eigenvalue weighted by Gasteiger charge is 2.27. The molecule has 0 aliphatic carbocycles. The molecule has 0 unspecified atom stereocenters. The first-order chi connectivity index (χ1) is 7.42. The van der Waals surface area contributed by atoms with Gasteiger partial charge in [-0.05, 0) is 13.0 Å². The van der Waals surface area contributed by atoms with Gasteiger partial charge in [0, 0.05) is 12.6 Å². The third-order valence-electron chi connectivity index (χ3n) is 1.66. The van der Waals surface area contributed by atoms with Crippen LogP contribution in [0.5, 0.6) is 0 Å². The lowest BCUT2D eigenvalue weighted by molar-refractivity contribution is -0.176. The van der Waals surface area contributed by atoms with Crippen LogP contribution >= 0.6 is 0 Å². The zero-order valence-corrected chi connectivity index (χ0v) is 9.77. The predicted molar refractivity (Wildman–Crippen MR) is 55.4 cm³/mol. The molecule has 0 heterocycles. The minimum atomic E-state index is -4.25.